The molecule has 0 spiro atoms. The Kier molecular flexibility index (Phi) is 2.27. The summed E-state index contributed by atoms with van der Waals surface area (Å²) < 4.78 is 10.6. The number of hydrogen-bond donors (Lipinski definition) is 1. The van der Waals surface area contributed by atoms with E-state index in [4.69, 9.17) is 14.3 Å². The maximum atomic E-state index is 11.0. The molecule has 0 saturated heterocycles. The van der Waals surface area contributed by atoms with E-state index in [1.165, 1.54) is 21.3 Å². The molecule has 0 atom stereocenters. The molecule has 1 heterocycles. The summed E-state index contributed by atoms with van der Waals surface area (Å²) in [4.78, 5) is 18.1. The molecule has 0 amide bonds. The number of aromatic nitrogens is 2. The van der Waals surface area contributed by atoms with E-state index in [0.717, 1.165) is 4.73 Å². The third-order valence-electron chi connectivity index (χ3n) is 1.36. The zero-order chi connectivity index (χ0) is 9.14. The summed E-state index contributed by atoms with van der Waals surface area (Å²) in [5.41, 5.74) is -0.439. The van der Waals surface area contributed by atoms with Crippen LogP contribution in [-0.4, -0.2) is 31.0 Å². The zero-order valence-electron chi connectivity index (χ0n) is 7.08. The molecular formula is C6H10N2O4. The fraction of sp³-hybridized carbons (Fsp3) is 0.500. The normalized spacial score (nSPS) is 9.58. The first-order valence-electron chi connectivity index (χ1n) is 3.22. The summed E-state index contributed by atoms with van der Waals surface area (Å²) in [5, 5.41) is 0. The van der Waals surface area contributed by atoms with Crippen LogP contribution < -0.4 is 20.0 Å². The van der Waals surface area contributed by atoms with Crippen molar-refractivity contribution in [2.45, 2.75) is 0 Å². The average molecular weight is 174 g/mol. The van der Waals surface area contributed by atoms with Crippen molar-refractivity contribution in [2.75, 3.05) is 21.3 Å². The quantitative estimate of drug-likeness (QED) is 0.655. The Hall–Kier alpha value is -1.59. The molecule has 0 bridgehead atoms. The Morgan fingerprint density at radius 3 is 2.33 bits per heavy atom. The van der Waals surface area contributed by atoms with Crippen molar-refractivity contribution in [2.24, 2.45) is 0 Å². The van der Waals surface area contributed by atoms with Crippen molar-refractivity contribution in [1.82, 2.24) is 9.71 Å². The van der Waals surface area contributed by atoms with E-state index >= 15 is 0 Å². The van der Waals surface area contributed by atoms with Crippen LogP contribution in [0.25, 0.3) is 0 Å². The van der Waals surface area contributed by atoms with Crippen molar-refractivity contribution >= 4 is 0 Å². The van der Waals surface area contributed by atoms with Crippen molar-refractivity contribution in [1.29, 1.82) is 0 Å². The third kappa shape index (κ3) is 1.11. The van der Waals surface area contributed by atoms with Gasteiger partial charge in [0.15, 0.2) is 0 Å². The van der Waals surface area contributed by atoms with E-state index in [0.29, 0.717) is 0 Å². The molecule has 0 aliphatic heterocycles. The number of hydrogen-bond acceptors (Lipinski definition) is 4. The number of nitrogens with one attached hydrogen (secondary N) is 1. The summed E-state index contributed by atoms with van der Waals surface area (Å²) in [6.07, 6.45) is 0. The first kappa shape index (κ1) is 8.51. The first-order chi connectivity index (χ1) is 5.74. The monoisotopic (exact) mass is 174 g/mol. The van der Waals surface area contributed by atoms with Crippen molar-refractivity contribution in [3.8, 4) is 11.8 Å². The van der Waals surface area contributed by atoms with E-state index in [-0.39, 0.29) is 11.8 Å². The van der Waals surface area contributed by atoms with Gasteiger partial charge in [-0.05, 0) is 0 Å². The smallest absolute Gasteiger partial charge is 0.364 e. The Morgan fingerprint density at radius 2 is 1.92 bits per heavy atom. The number of ether oxygens (including phenoxy) is 2. The second kappa shape index (κ2) is 3.21. The second-order valence-electron chi connectivity index (χ2n) is 1.95. The molecule has 12 heavy (non-hydrogen) atoms. The van der Waals surface area contributed by atoms with Gasteiger partial charge in [-0.25, -0.2) is 4.79 Å². The number of nitrogens with zero attached hydrogens (tertiary/aromatic N) is 1. The van der Waals surface area contributed by atoms with Gasteiger partial charge in [0.1, 0.15) is 7.11 Å². The molecule has 6 heteroatoms. The SMILES string of the molecule is COc1[nH]c(=O)n(OC)c1OC. The van der Waals surface area contributed by atoms with Gasteiger partial charge in [-0.1, -0.05) is 4.73 Å². The Balaban J connectivity index is 3.25. The van der Waals surface area contributed by atoms with Crippen LogP contribution in [0.1, 0.15) is 0 Å². The summed E-state index contributed by atoms with van der Waals surface area (Å²) in [6.45, 7) is 0. The van der Waals surface area contributed by atoms with Gasteiger partial charge in [0.25, 0.3) is 11.8 Å². The highest BCUT2D eigenvalue weighted by atomic mass is 16.7. The van der Waals surface area contributed by atoms with Gasteiger partial charge in [0.2, 0.25) is 0 Å². The molecule has 0 aliphatic rings. The van der Waals surface area contributed by atoms with Crippen molar-refractivity contribution < 1.29 is 14.3 Å². The molecule has 6 nitrogen and oxygen atoms in total. The van der Waals surface area contributed by atoms with Gasteiger partial charge >= 0.3 is 5.69 Å². The predicted octanol–water partition coefficient (Wildman–Crippen LogP) is -0.748. The largest absolute Gasteiger partial charge is 0.478 e. The van der Waals surface area contributed by atoms with Crippen molar-refractivity contribution in [3.05, 3.63) is 10.5 Å². The lowest BCUT2D eigenvalue weighted by molar-refractivity contribution is 0.129. The van der Waals surface area contributed by atoms with Crippen LogP contribution in [0.3, 0.4) is 0 Å². The molecule has 0 radical (unpaired) electrons. The summed E-state index contributed by atoms with van der Waals surface area (Å²) in [7, 11) is 4.20. The highest BCUT2D eigenvalue weighted by Crippen LogP contribution is 2.20. The minimum atomic E-state index is -0.439. The molecule has 0 aromatic carbocycles. The lowest BCUT2D eigenvalue weighted by atomic mass is 10.8. The van der Waals surface area contributed by atoms with E-state index < -0.39 is 5.69 Å². The number of H-pyrrole nitrogens is 1. The summed E-state index contributed by atoms with van der Waals surface area (Å²) in [6, 6.07) is 0. The molecule has 0 aliphatic carbocycles. The van der Waals surface area contributed by atoms with Crippen LogP contribution in [0.4, 0.5) is 0 Å². The van der Waals surface area contributed by atoms with Gasteiger partial charge in [0.05, 0.1) is 14.2 Å². The number of methoxy groups -OCH3 is 2. The minimum absolute atomic E-state index is 0.213. The molecule has 1 N–H and O–H groups in total. The molecule has 1 aromatic rings. The van der Waals surface area contributed by atoms with E-state index in [2.05, 4.69) is 4.98 Å². The van der Waals surface area contributed by atoms with E-state index in [1.807, 2.05) is 0 Å². The Bertz CT molecular complexity index is 314. The summed E-state index contributed by atoms with van der Waals surface area (Å²) in [5.74, 6) is 0.453. The zero-order valence-corrected chi connectivity index (χ0v) is 7.08. The standard InChI is InChI=1S/C6H10N2O4/c1-10-4-5(11-2)8(12-3)6(9)7-4/h1-3H3,(H,7,9). The number of imidazole rings is 1. The molecule has 0 unspecified atom stereocenters. The fourth-order valence-electron chi connectivity index (χ4n) is 0.866. The van der Waals surface area contributed by atoms with Crippen LogP contribution in [0.5, 0.6) is 11.8 Å². The Labute approximate surface area is 68.6 Å². The van der Waals surface area contributed by atoms with Crippen LogP contribution >= 0.6 is 0 Å². The van der Waals surface area contributed by atoms with Crippen LogP contribution in [0.15, 0.2) is 4.79 Å². The number of rotatable bonds is 3. The molecule has 1 rings (SSSR count). The first-order valence-corrected chi connectivity index (χ1v) is 3.22. The number of aromatic amines is 1. The van der Waals surface area contributed by atoms with Crippen LogP contribution in [0, 0.1) is 0 Å². The lowest BCUT2D eigenvalue weighted by Gasteiger charge is -2.03. The van der Waals surface area contributed by atoms with Gasteiger partial charge in [-0.3, -0.25) is 4.98 Å². The molecule has 0 saturated carbocycles. The third-order valence-corrected chi connectivity index (χ3v) is 1.36. The fourth-order valence-corrected chi connectivity index (χ4v) is 0.866. The topological polar surface area (TPSA) is 65.5 Å². The second-order valence-corrected chi connectivity index (χ2v) is 1.95. The maximum Gasteiger partial charge on any atom is 0.364 e. The average Bonchev–Trinajstić information content (AvgIpc) is 2.40. The molecule has 1 aromatic heterocycles. The van der Waals surface area contributed by atoms with Crippen LogP contribution in [0.2, 0.25) is 0 Å². The molecule has 0 fully saturated rings. The highest BCUT2D eigenvalue weighted by molar-refractivity contribution is 5.25. The predicted molar refractivity (Wildman–Crippen MR) is 40.7 cm³/mol. The Morgan fingerprint density at radius 1 is 1.25 bits per heavy atom. The van der Waals surface area contributed by atoms with Crippen molar-refractivity contribution in [3.63, 3.8) is 0 Å². The summed E-state index contributed by atoms with van der Waals surface area (Å²) >= 11 is 0. The highest BCUT2D eigenvalue weighted by Gasteiger charge is 2.15. The van der Waals surface area contributed by atoms with E-state index in [1.54, 1.807) is 0 Å². The lowest BCUT2D eigenvalue weighted by Crippen LogP contribution is -2.22. The van der Waals surface area contributed by atoms with Gasteiger partial charge < -0.3 is 14.3 Å². The van der Waals surface area contributed by atoms with Crippen LogP contribution in [-0.2, 0) is 0 Å². The molecule has 68 valence electrons. The minimum Gasteiger partial charge on any atom is -0.478 e. The maximum absolute atomic E-state index is 11.0. The van der Waals surface area contributed by atoms with Gasteiger partial charge in [0, 0.05) is 0 Å². The van der Waals surface area contributed by atoms with Gasteiger partial charge in [-0.15, -0.1) is 0 Å². The molecular weight excluding hydrogens is 164 g/mol. The van der Waals surface area contributed by atoms with E-state index in [9.17, 15) is 4.79 Å². The van der Waals surface area contributed by atoms with Gasteiger partial charge in [-0.2, -0.15) is 0 Å².